The molecule has 0 amide bonds. The van der Waals surface area contributed by atoms with Crippen LogP contribution in [0.1, 0.15) is 13.8 Å². The Kier molecular flexibility index (Phi) is 3.89. The van der Waals surface area contributed by atoms with E-state index in [-0.39, 0.29) is 5.54 Å². The van der Waals surface area contributed by atoms with Crippen LogP contribution in [0, 0.1) is 0 Å². The highest BCUT2D eigenvalue weighted by atomic mass is 79.9. The van der Waals surface area contributed by atoms with Gasteiger partial charge in [0.25, 0.3) is 0 Å². The Morgan fingerprint density at radius 3 is 2.71 bits per heavy atom. The van der Waals surface area contributed by atoms with Gasteiger partial charge in [-0.2, -0.15) is 0 Å². The number of nitrogens with one attached hydrogen (secondary N) is 1. The summed E-state index contributed by atoms with van der Waals surface area (Å²) in [6.45, 7) is 4.78. The second-order valence-electron chi connectivity index (χ2n) is 3.80. The average Bonchev–Trinajstić information content (AvgIpc) is 2.08. The number of methoxy groups -OCH3 is 1. The molecule has 0 aliphatic heterocycles. The number of hydrogen-bond acceptors (Lipinski definition) is 3. The zero-order valence-electron chi connectivity index (χ0n) is 8.67. The highest BCUT2D eigenvalue weighted by molar-refractivity contribution is 9.10. The first kappa shape index (κ1) is 11.5. The van der Waals surface area contributed by atoms with Gasteiger partial charge in [0.05, 0.1) is 12.1 Å². The first-order valence-corrected chi connectivity index (χ1v) is 5.21. The van der Waals surface area contributed by atoms with Crippen LogP contribution >= 0.6 is 15.9 Å². The molecule has 0 unspecified atom stereocenters. The predicted octanol–water partition coefficient (Wildman–Crippen LogP) is 2.68. The molecule has 0 radical (unpaired) electrons. The van der Waals surface area contributed by atoms with E-state index in [9.17, 15) is 0 Å². The van der Waals surface area contributed by atoms with Crippen LogP contribution in [-0.2, 0) is 4.74 Å². The van der Waals surface area contributed by atoms with Gasteiger partial charge in [0.15, 0.2) is 0 Å². The third kappa shape index (κ3) is 3.64. The minimum atomic E-state index is -0.102. The van der Waals surface area contributed by atoms with Gasteiger partial charge >= 0.3 is 0 Å². The summed E-state index contributed by atoms with van der Waals surface area (Å²) < 4.78 is 6.08. The summed E-state index contributed by atoms with van der Waals surface area (Å²) in [5.41, 5.74) is -0.102. The number of pyridine rings is 1. The molecule has 0 aromatic carbocycles. The zero-order valence-corrected chi connectivity index (χ0v) is 10.3. The highest BCUT2D eigenvalue weighted by Gasteiger charge is 2.17. The first-order chi connectivity index (χ1) is 6.53. The van der Waals surface area contributed by atoms with Crippen molar-refractivity contribution in [2.24, 2.45) is 0 Å². The van der Waals surface area contributed by atoms with Gasteiger partial charge in [-0.15, -0.1) is 0 Å². The molecule has 0 atom stereocenters. The van der Waals surface area contributed by atoms with Crippen LogP contribution in [0.25, 0.3) is 0 Å². The fourth-order valence-electron chi connectivity index (χ4n) is 1.19. The second kappa shape index (κ2) is 4.75. The van der Waals surface area contributed by atoms with Gasteiger partial charge in [-0.25, -0.2) is 4.98 Å². The normalized spacial score (nSPS) is 11.4. The number of halogens is 1. The Morgan fingerprint density at radius 1 is 1.50 bits per heavy atom. The molecule has 0 fully saturated rings. The van der Waals surface area contributed by atoms with Gasteiger partial charge in [-0.1, -0.05) is 0 Å². The van der Waals surface area contributed by atoms with E-state index >= 15 is 0 Å². The van der Waals surface area contributed by atoms with E-state index in [2.05, 4.69) is 40.1 Å². The van der Waals surface area contributed by atoms with Crippen molar-refractivity contribution in [2.45, 2.75) is 19.4 Å². The Bertz CT molecular complexity index is 285. The molecule has 0 bridgehead atoms. The fourth-order valence-corrected chi connectivity index (χ4v) is 1.43. The lowest BCUT2D eigenvalue weighted by molar-refractivity contribution is 0.158. The van der Waals surface area contributed by atoms with Gasteiger partial charge in [0.1, 0.15) is 5.82 Å². The van der Waals surface area contributed by atoms with Crippen molar-refractivity contribution < 1.29 is 4.74 Å². The van der Waals surface area contributed by atoms with E-state index in [1.807, 2.05) is 12.1 Å². The molecule has 3 nitrogen and oxygen atoms in total. The van der Waals surface area contributed by atoms with Crippen LogP contribution in [0.4, 0.5) is 5.82 Å². The van der Waals surface area contributed by atoms with Crippen LogP contribution in [0.15, 0.2) is 22.8 Å². The van der Waals surface area contributed by atoms with Gasteiger partial charge in [-0.3, -0.25) is 0 Å². The molecule has 1 aromatic heterocycles. The van der Waals surface area contributed by atoms with E-state index in [0.29, 0.717) is 6.61 Å². The maximum Gasteiger partial charge on any atom is 0.126 e. The molecule has 0 aliphatic rings. The monoisotopic (exact) mass is 258 g/mol. The van der Waals surface area contributed by atoms with Crippen LogP contribution in [0.5, 0.6) is 0 Å². The van der Waals surface area contributed by atoms with E-state index < -0.39 is 0 Å². The number of nitrogens with zero attached hydrogens (tertiary/aromatic N) is 1. The summed E-state index contributed by atoms with van der Waals surface area (Å²) in [6.07, 6.45) is 1.77. The summed E-state index contributed by atoms with van der Waals surface area (Å²) >= 11 is 3.34. The van der Waals surface area contributed by atoms with Gasteiger partial charge in [0.2, 0.25) is 0 Å². The Hall–Kier alpha value is -0.610. The molecule has 1 rings (SSSR count). The molecule has 0 spiro atoms. The standard InChI is InChI=1S/C10H15BrN2O/c1-10(2,7-14-3)13-9-5-4-8(11)6-12-9/h4-6H,7H2,1-3H3,(H,12,13). The molecular weight excluding hydrogens is 244 g/mol. The van der Waals surface area contributed by atoms with E-state index in [1.54, 1.807) is 13.3 Å². The van der Waals surface area contributed by atoms with Crippen molar-refractivity contribution in [1.29, 1.82) is 0 Å². The minimum absolute atomic E-state index is 0.102. The molecule has 1 heterocycles. The van der Waals surface area contributed by atoms with Crippen molar-refractivity contribution in [3.63, 3.8) is 0 Å². The first-order valence-electron chi connectivity index (χ1n) is 4.42. The Morgan fingerprint density at radius 2 is 2.21 bits per heavy atom. The predicted molar refractivity (Wildman–Crippen MR) is 61.5 cm³/mol. The van der Waals surface area contributed by atoms with Crippen molar-refractivity contribution in [2.75, 3.05) is 19.0 Å². The van der Waals surface area contributed by atoms with Crippen molar-refractivity contribution in [3.8, 4) is 0 Å². The third-order valence-electron chi connectivity index (χ3n) is 1.70. The van der Waals surface area contributed by atoms with E-state index in [1.165, 1.54) is 0 Å². The maximum absolute atomic E-state index is 5.10. The lowest BCUT2D eigenvalue weighted by atomic mass is 10.1. The summed E-state index contributed by atoms with van der Waals surface area (Å²) in [4.78, 5) is 4.23. The summed E-state index contributed by atoms with van der Waals surface area (Å²) in [6, 6.07) is 3.89. The van der Waals surface area contributed by atoms with Gasteiger partial charge in [0, 0.05) is 17.8 Å². The maximum atomic E-state index is 5.10. The fraction of sp³-hybridized carbons (Fsp3) is 0.500. The number of aromatic nitrogens is 1. The second-order valence-corrected chi connectivity index (χ2v) is 4.72. The number of anilines is 1. The molecule has 78 valence electrons. The Labute approximate surface area is 93.0 Å². The highest BCUT2D eigenvalue weighted by Crippen LogP contribution is 2.15. The lowest BCUT2D eigenvalue weighted by Crippen LogP contribution is -2.36. The van der Waals surface area contributed by atoms with Crippen LogP contribution < -0.4 is 5.32 Å². The molecule has 0 saturated heterocycles. The summed E-state index contributed by atoms with van der Waals surface area (Å²) in [5.74, 6) is 0.857. The number of hydrogen-bond donors (Lipinski definition) is 1. The Balaban J connectivity index is 2.64. The molecule has 0 saturated carbocycles. The molecule has 1 aromatic rings. The smallest absolute Gasteiger partial charge is 0.126 e. The average molecular weight is 259 g/mol. The lowest BCUT2D eigenvalue weighted by Gasteiger charge is -2.25. The topological polar surface area (TPSA) is 34.1 Å². The molecule has 4 heteroatoms. The zero-order chi connectivity index (χ0) is 10.6. The molecular formula is C10H15BrN2O. The molecule has 1 N–H and O–H groups in total. The largest absolute Gasteiger partial charge is 0.382 e. The summed E-state index contributed by atoms with van der Waals surface area (Å²) in [7, 11) is 1.69. The summed E-state index contributed by atoms with van der Waals surface area (Å²) in [5, 5.41) is 3.29. The molecule has 0 aliphatic carbocycles. The van der Waals surface area contributed by atoms with Gasteiger partial charge in [-0.05, 0) is 41.9 Å². The molecule has 14 heavy (non-hydrogen) atoms. The van der Waals surface area contributed by atoms with Crippen molar-refractivity contribution >= 4 is 21.7 Å². The van der Waals surface area contributed by atoms with Crippen molar-refractivity contribution in [1.82, 2.24) is 4.98 Å². The van der Waals surface area contributed by atoms with Crippen LogP contribution in [0.2, 0.25) is 0 Å². The number of ether oxygens (including phenoxy) is 1. The minimum Gasteiger partial charge on any atom is -0.382 e. The van der Waals surface area contributed by atoms with Gasteiger partial charge < -0.3 is 10.1 Å². The van der Waals surface area contributed by atoms with Crippen LogP contribution in [0.3, 0.4) is 0 Å². The number of rotatable bonds is 4. The van der Waals surface area contributed by atoms with Crippen molar-refractivity contribution in [3.05, 3.63) is 22.8 Å². The quantitative estimate of drug-likeness (QED) is 0.902. The third-order valence-corrected chi connectivity index (χ3v) is 2.17. The SMILES string of the molecule is COCC(C)(C)Nc1ccc(Br)cn1. The van der Waals surface area contributed by atoms with E-state index in [0.717, 1.165) is 10.3 Å². The van der Waals surface area contributed by atoms with Crippen LogP contribution in [-0.4, -0.2) is 24.2 Å². The van der Waals surface area contributed by atoms with E-state index in [4.69, 9.17) is 4.74 Å².